The molecule has 0 aliphatic carbocycles. The molecule has 4 nitrogen and oxygen atoms in total. The average molecular weight is 269 g/mol. The van der Waals surface area contributed by atoms with Gasteiger partial charge in [-0.15, -0.1) is 0 Å². The Bertz CT molecular complexity index is 431. The van der Waals surface area contributed by atoms with E-state index in [9.17, 15) is 4.79 Å². The molecule has 2 N–H and O–H groups in total. The zero-order chi connectivity index (χ0) is 13.0. The predicted octanol–water partition coefficient (Wildman–Crippen LogP) is 2.17. The Morgan fingerprint density at radius 2 is 2.11 bits per heavy atom. The van der Waals surface area contributed by atoms with Gasteiger partial charge in [0.25, 0.3) is 0 Å². The fourth-order valence-electron chi connectivity index (χ4n) is 2.01. The van der Waals surface area contributed by atoms with Crippen LogP contribution in [0.25, 0.3) is 0 Å². The van der Waals surface area contributed by atoms with E-state index < -0.39 is 0 Å². The fourth-order valence-corrected chi connectivity index (χ4v) is 2.19. The van der Waals surface area contributed by atoms with Gasteiger partial charge in [0, 0.05) is 6.54 Å². The van der Waals surface area contributed by atoms with Crippen molar-refractivity contribution in [2.75, 3.05) is 32.0 Å². The first-order valence-corrected chi connectivity index (χ1v) is 6.49. The summed E-state index contributed by atoms with van der Waals surface area (Å²) in [5.41, 5.74) is 6.48. The minimum absolute atomic E-state index is 0.351. The minimum atomic E-state index is -0.351. The summed E-state index contributed by atoms with van der Waals surface area (Å²) in [7, 11) is 0. The molecule has 0 saturated carbocycles. The number of nitrogens with zero attached hydrogens (tertiary/aromatic N) is 1. The number of halogens is 1. The number of hydrogen-bond acceptors (Lipinski definition) is 4. The third-order valence-corrected chi connectivity index (χ3v) is 3.40. The van der Waals surface area contributed by atoms with Crippen LogP contribution >= 0.6 is 11.6 Å². The second-order valence-corrected chi connectivity index (χ2v) is 4.83. The molecule has 1 aromatic rings. The Morgan fingerprint density at radius 3 is 2.78 bits per heavy atom. The van der Waals surface area contributed by atoms with Crippen LogP contribution in [0, 0.1) is 0 Å². The van der Waals surface area contributed by atoms with Gasteiger partial charge < -0.3 is 10.5 Å². The summed E-state index contributed by atoms with van der Waals surface area (Å²) in [4.78, 5) is 14.0. The first-order valence-electron chi connectivity index (χ1n) is 6.11. The van der Waals surface area contributed by atoms with Crippen LogP contribution in [0.5, 0.6) is 0 Å². The van der Waals surface area contributed by atoms with E-state index in [0.717, 1.165) is 19.6 Å². The van der Waals surface area contributed by atoms with Gasteiger partial charge in [0.05, 0.1) is 16.3 Å². The van der Waals surface area contributed by atoms with Crippen molar-refractivity contribution in [3.8, 4) is 0 Å². The molecule has 0 atom stereocenters. The third kappa shape index (κ3) is 3.37. The standard InChI is InChI=1S/C13H17ClN2O2/c14-11-9-10(3-4-12(11)15)13(17)18-8-7-16-5-1-2-6-16/h3-4,9H,1-2,5-8,15H2. The lowest BCUT2D eigenvalue weighted by molar-refractivity contribution is 0.0472. The molecule has 1 heterocycles. The van der Waals surface area contributed by atoms with E-state index in [1.54, 1.807) is 12.1 Å². The molecule has 1 aliphatic heterocycles. The molecule has 5 heteroatoms. The van der Waals surface area contributed by atoms with Crippen molar-refractivity contribution in [1.29, 1.82) is 0 Å². The van der Waals surface area contributed by atoms with E-state index in [1.165, 1.54) is 18.9 Å². The number of carbonyl (C=O) groups is 1. The number of rotatable bonds is 4. The molecule has 18 heavy (non-hydrogen) atoms. The first-order chi connectivity index (χ1) is 8.66. The van der Waals surface area contributed by atoms with Gasteiger partial charge in [0.2, 0.25) is 0 Å². The lowest BCUT2D eigenvalue weighted by Gasteiger charge is -2.14. The van der Waals surface area contributed by atoms with Crippen LogP contribution < -0.4 is 5.73 Å². The van der Waals surface area contributed by atoms with Gasteiger partial charge in [-0.1, -0.05) is 11.6 Å². The molecule has 0 radical (unpaired) electrons. The zero-order valence-corrected chi connectivity index (χ0v) is 10.9. The Balaban J connectivity index is 1.81. The van der Waals surface area contributed by atoms with Crippen molar-refractivity contribution in [1.82, 2.24) is 4.90 Å². The smallest absolute Gasteiger partial charge is 0.338 e. The summed E-state index contributed by atoms with van der Waals surface area (Å²) in [6.45, 7) is 3.42. The fraction of sp³-hybridized carbons (Fsp3) is 0.462. The number of ether oxygens (including phenoxy) is 1. The van der Waals surface area contributed by atoms with Gasteiger partial charge in [-0.3, -0.25) is 4.90 Å². The number of anilines is 1. The number of nitrogens with two attached hydrogens (primary N) is 1. The third-order valence-electron chi connectivity index (χ3n) is 3.08. The van der Waals surface area contributed by atoms with Gasteiger partial charge in [-0.25, -0.2) is 4.79 Å². The molecule has 1 aliphatic rings. The SMILES string of the molecule is Nc1ccc(C(=O)OCCN2CCCC2)cc1Cl. The molecule has 0 amide bonds. The molecule has 0 aromatic heterocycles. The first kappa shape index (κ1) is 13.2. The Hall–Kier alpha value is -1.26. The molecule has 98 valence electrons. The molecule has 1 fully saturated rings. The van der Waals surface area contributed by atoms with E-state index in [-0.39, 0.29) is 5.97 Å². The summed E-state index contributed by atoms with van der Waals surface area (Å²) in [5, 5.41) is 0.379. The second-order valence-electron chi connectivity index (χ2n) is 4.42. The van der Waals surface area contributed by atoms with Crippen LogP contribution in [0.15, 0.2) is 18.2 Å². The average Bonchev–Trinajstić information content (AvgIpc) is 2.85. The van der Waals surface area contributed by atoms with Crippen molar-refractivity contribution in [2.24, 2.45) is 0 Å². The number of nitrogen functional groups attached to an aromatic ring is 1. The summed E-state index contributed by atoms with van der Waals surface area (Å²) in [6, 6.07) is 4.77. The Kier molecular flexibility index (Phi) is 4.44. The van der Waals surface area contributed by atoms with Crippen LogP contribution in [0.1, 0.15) is 23.2 Å². The van der Waals surface area contributed by atoms with Crippen molar-refractivity contribution < 1.29 is 9.53 Å². The van der Waals surface area contributed by atoms with Crippen molar-refractivity contribution in [3.05, 3.63) is 28.8 Å². The molecular weight excluding hydrogens is 252 g/mol. The van der Waals surface area contributed by atoms with E-state index >= 15 is 0 Å². The van der Waals surface area contributed by atoms with E-state index in [2.05, 4.69) is 4.90 Å². The summed E-state index contributed by atoms with van der Waals surface area (Å²) < 4.78 is 5.20. The highest BCUT2D eigenvalue weighted by Crippen LogP contribution is 2.20. The van der Waals surface area contributed by atoms with E-state index in [4.69, 9.17) is 22.1 Å². The minimum Gasteiger partial charge on any atom is -0.461 e. The second kappa shape index (κ2) is 6.07. The van der Waals surface area contributed by atoms with Crippen LogP contribution in [0.4, 0.5) is 5.69 Å². The number of esters is 1. The topological polar surface area (TPSA) is 55.6 Å². The van der Waals surface area contributed by atoms with Gasteiger partial charge >= 0.3 is 5.97 Å². The van der Waals surface area contributed by atoms with Crippen LogP contribution in [0.3, 0.4) is 0 Å². The van der Waals surface area contributed by atoms with Gasteiger partial charge in [0.15, 0.2) is 0 Å². The van der Waals surface area contributed by atoms with E-state index in [0.29, 0.717) is 22.9 Å². The largest absolute Gasteiger partial charge is 0.461 e. The van der Waals surface area contributed by atoms with Crippen LogP contribution in [-0.2, 0) is 4.74 Å². The quantitative estimate of drug-likeness (QED) is 0.672. The Labute approximate surface area is 112 Å². The van der Waals surface area contributed by atoms with Crippen LogP contribution in [0.2, 0.25) is 5.02 Å². The predicted molar refractivity (Wildman–Crippen MR) is 71.8 cm³/mol. The van der Waals surface area contributed by atoms with E-state index in [1.807, 2.05) is 0 Å². The highest BCUT2D eigenvalue weighted by molar-refractivity contribution is 6.33. The maximum Gasteiger partial charge on any atom is 0.338 e. The lowest BCUT2D eigenvalue weighted by Crippen LogP contribution is -2.25. The van der Waals surface area contributed by atoms with Crippen LogP contribution in [-0.4, -0.2) is 37.1 Å². The normalized spacial score (nSPS) is 15.8. The molecule has 0 unspecified atom stereocenters. The molecule has 1 aromatic carbocycles. The van der Waals surface area contributed by atoms with Gasteiger partial charge in [0.1, 0.15) is 6.61 Å². The maximum atomic E-state index is 11.7. The zero-order valence-electron chi connectivity index (χ0n) is 10.2. The molecular formula is C13H17ClN2O2. The number of carbonyl (C=O) groups excluding carboxylic acids is 1. The maximum absolute atomic E-state index is 11.7. The monoisotopic (exact) mass is 268 g/mol. The number of benzene rings is 1. The molecule has 1 saturated heterocycles. The summed E-state index contributed by atoms with van der Waals surface area (Å²) in [6.07, 6.45) is 2.48. The molecule has 2 rings (SSSR count). The summed E-state index contributed by atoms with van der Waals surface area (Å²) in [5.74, 6) is -0.351. The highest BCUT2D eigenvalue weighted by atomic mass is 35.5. The summed E-state index contributed by atoms with van der Waals surface area (Å²) >= 11 is 5.85. The molecule has 0 bridgehead atoms. The van der Waals surface area contributed by atoms with Crippen molar-refractivity contribution >= 4 is 23.3 Å². The molecule has 0 spiro atoms. The number of likely N-dealkylation sites (tertiary alicyclic amines) is 1. The van der Waals surface area contributed by atoms with Gasteiger partial charge in [-0.2, -0.15) is 0 Å². The van der Waals surface area contributed by atoms with Crippen molar-refractivity contribution in [2.45, 2.75) is 12.8 Å². The van der Waals surface area contributed by atoms with Gasteiger partial charge in [-0.05, 0) is 44.1 Å². The number of hydrogen-bond donors (Lipinski definition) is 1. The Morgan fingerprint density at radius 1 is 1.39 bits per heavy atom. The lowest BCUT2D eigenvalue weighted by atomic mass is 10.2. The van der Waals surface area contributed by atoms with Crippen molar-refractivity contribution in [3.63, 3.8) is 0 Å². The highest BCUT2D eigenvalue weighted by Gasteiger charge is 2.13.